The molecule has 6 aromatic rings. The predicted octanol–water partition coefficient (Wildman–Crippen LogP) is 7.82. The van der Waals surface area contributed by atoms with Crippen molar-refractivity contribution in [2.75, 3.05) is 0 Å². The number of halogens is 5. The number of pyridine rings is 1. The van der Waals surface area contributed by atoms with Crippen molar-refractivity contribution < 1.29 is 22.0 Å². The minimum atomic E-state index is -4.61. The minimum absolute atomic E-state index is 0.0235. The lowest BCUT2D eigenvalue weighted by Crippen LogP contribution is -2.08. The van der Waals surface area contributed by atoms with Gasteiger partial charge in [-0.3, -0.25) is 4.40 Å². The van der Waals surface area contributed by atoms with Crippen molar-refractivity contribution in [1.82, 2.24) is 19.4 Å². The highest BCUT2D eigenvalue weighted by atomic mass is 19.4. The van der Waals surface area contributed by atoms with Gasteiger partial charge in [-0.1, -0.05) is 18.2 Å². The number of aromatic nitrogens is 4. The molecule has 0 radical (unpaired) electrons. The molecule has 4 nitrogen and oxygen atoms in total. The van der Waals surface area contributed by atoms with Gasteiger partial charge in [0.05, 0.1) is 28.5 Å². The summed E-state index contributed by atoms with van der Waals surface area (Å²) in [7, 11) is 0. The average molecular weight is 504 g/mol. The quantitative estimate of drug-likeness (QED) is 0.250. The summed E-state index contributed by atoms with van der Waals surface area (Å²) in [5, 5.41) is 0. The molecule has 0 saturated carbocycles. The van der Waals surface area contributed by atoms with Crippen LogP contribution in [0.2, 0.25) is 0 Å². The van der Waals surface area contributed by atoms with Gasteiger partial charge in [0.2, 0.25) is 0 Å². The summed E-state index contributed by atoms with van der Waals surface area (Å²) in [5.74, 6) is -1.91. The van der Waals surface area contributed by atoms with Crippen molar-refractivity contribution in [1.29, 1.82) is 0 Å². The Morgan fingerprint density at radius 1 is 0.865 bits per heavy atom. The number of nitrogens with zero attached hydrogens (tertiary/aromatic N) is 3. The highest BCUT2D eigenvalue weighted by Crippen LogP contribution is 2.40. The molecule has 1 N–H and O–H groups in total. The second kappa shape index (κ2) is 8.26. The standard InChI is InChI=1S/C28H17F5N4/c1-15-7-10-22-23(12-15)36-26(35-22)19-13-16(8-9-20(19)28(31,32)33)17-5-3-11-37-24(14-34-27(17)37)18-4-2-6-21(29)25(18)30/h2-14H,1H3,(H,35,36). The molecule has 3 aromatic heterocycles. The average Bonchev–Trinajstić information content (AvgIpc) is 3.49. The monoisotopic (exact) mass is 504 g/mol. The minimum Gasteiger partial charge on any atom is -0.338 e. The smallest absolute Gasteiger partial charge is 0.338 e. The lowest BCUT2D eigenvalue weighted by atomic mass is 9.98. The van der Waals surface area contributed by atoms with Crippen molar-refractivity contribution in [2.24, 2.45) is 0 Å². The van der Waals surface area contributed by atoms with Crippen LogP contribution >= 0.6 is 0 Å². The molecule has 0 bridgehead atoms. The van der Waals surface area contributed by atoms with Crippen molar-refractivity contribution >= 4 is 16.7 Å². The molecule has 9 heteroatoms. The molecule has 6 rings (SSSR count). The van der Waals surface area contributed by atoms with Crippen molar-refractivity contribution in [3.63, 3.8) is 0 Å². The molecule has 0 aliphatic heterocycles. The maximum Gasteiger partial charge on any atom is 0.417 e. The summed E-state index contributed by atoms with van der Waals surface area (Å²) in [4.78, 5) is 11.8. The number of hydrogen-bond donors (Lipinski definition) is 1. The zero-order chi connectivity index (χ0) is 25.9. The van der Waals surface area contributed by atoms with Gasteiger partial charge in [0, 0.05) is 22.9 Å². The van der Waals surface area contributed by atoms with E-state index in [2.05, 4.69) is 15.0 Å². The molecular formula is C28H17F5N4. The highest BCUT2D eigenvalue weighted by Gasteiger charge is 2.34. The summed E-state index contributed by atoms with van der Waals surface area (Å²) in [6.45, 7) is 1.89. The van der Waals surface area contributed by atoms with Crippen molar-refractivity contribution in [3.8, 4) is 33.8 Å². The van der Waals surface area contributed by atoms with E-state index in [0.29, 0.717) is 33.5 Å². The Kier molecular flexibility index (Phi) is 5.11. The van der Waals surface area contributed by atoms with Crippen molar-refractivity contribution in [3.05, 3.63) is 102 Å². The van der Waals surface area contributed by atoms with Crippen LogP contribution in [0.3, 0.4) is 0 Å². The molecule has 0 atom stereocenters. The van der Waals surface area contributed by atoms with Gasteiger partial charge in [0.25, 0.3) is 0 Å². The summed E-state index contributed by atoms with van der Waals surface area (Å²) in [6, 6.07) is 16.5. The number of aryl methyl sites for hydroxylation is 1. The Labute approximate surface area is 207 Å². The lowest BCUT2D eigenvalue weighted by molar-refractivity contribution is -0.137. The zero-order valence-corrected chi connectivity index (χ0v) is 19.2. The fourth-order valence-corrected chi connectivity index (χ4v) is 4.54. The van der Waals surface area contributed by atoms with Crippen LogP contribution in [-0.4, -0.2) is 19.4 Å². The van der Waals surface area contributed by atoms with Crippen LogP contribution in [0.5, 0.6) is 0 Å². The van der Waals surface area contributed by atoms with Crippen LogP contribution < -0.4 is 0 Å². The number of nitrogens with one attached hydrogen (secondary N) is 1. The molecule has 0 aliphatic rings. The third-order valence-corrected chi connectivity index (χ3v) is 6.29. The Bertz CT molecular complexity index is 1810. The van der Waals surface area contributed by atoms with Crippen LogP contribution in [-0.2, 0) is 6.18 Å². The first-order valence-electron chi connectivity index (χ1n) is 11.3. The lowest BCUT2D eigenvalue weighted by Gasteiger charge is -2.14. The van der Waals surface area contributed by atoms with Crippen LogP contribution in [0.15, 0.2) is 79.1 Å². The number of hydrogen-bond acceptors (Lipinski definition) is 2. The molecular weight excluding hydrogens is 487 g/mol. The number of alkyl halides is 3. The van der Waals surface area contributed by atoms with Gasteiger partial charge in [-0.05, 0) is 66.6 Å². The van der Waals surface area contributed by atoms with Crippen molar-refractivity contribution in [2.45, 2.75) is 13.1 Å². The molecule has 3 heterocycles. The molecule has 0 saturated heterocycles. The number of aromatic amines is 1. The maximum atomic E-state index is 14.5. The number of imidazole rings is 2. The molecule has 184 valence electrons. The van der Waals surface area contributed by atoms with E-state index >= 15 is 0 Å². The molecule has 0 fully saturated rings. The van der Waals surface area contributed by atoms with Crippen LogP contribution in [0.1, 0.15) is 11.1 Å². The van der Waals surface area contributed by atoms with E-state index < -0.39 is 23.4 Å². The number of H-pyrrole nitrogens is 1. The fourth-order valence-electron chi connectivity index (χ4n) is 4.54. The number of benzene rings is 3. The van der Waals surface area contributed by atoms with E-state index in [1.54, 1.807) is 28.8 Å². The molecule has 0 amide bonds. The van der Waals surface area contributed by atoms with E-state index in [1.807, 2.05) is 19.1 Å². The summed E-state index contributed by atoms with van der Waals surface area (Å²) >= 11 is 0. The normalized spacial score (nSPS) is 12.1. The van der Waals surface area contributed by atoms with Gasteiger partial charge in [-0.2, -0.15) is 13.2 Å². The van der Waals surface area contributed by atoms with E-state index in [1.165, 1.54) is 30.5 Å². The molecule has 37 heavy (non-hydrogen) atoms. The topological polar surface area (TPSA) is 46.0 Å². The molecule has 0 spiro atoms. The largest absolute Gasteiger partial charge is 0.417 e. The molecule has 0 unspecified atom stereocenters. The van der Waals surface area contributed by atoms with Gasteiger partial charge in [-0.25, -0.2) is 18.7 Å². The number of fused-ring (bicyclic) bond motifs is 2. The van der Waals surface area contributed by atoms with E-state index in [0.717, 1.165) is 17.7 Å². The summed E-state index contributed by atoms with van der Waals surface area (Å²) in [6.07, 6.45) is -1.56. The third kappa shape index (κ3) is 3.83. The highest BCUT2D eigenvalue weighted by molar-refractivity contribution is 5.85. The first-order chi connectivity index (χ1) is 17.7. The van der Waals surface area contributed by atoms with Gasteiger partial charge in [0.1, 0.15) is 11.5 Å². The van der Waals surface area contributed by atoms with Crippen LogP contribution in [0.4, 0.5) is 22.0 Å². The first-order valence-corrected chi connectivity index (χ1v) is 11.3. The Balaban J connectivity index is 1.54. The Morgan fingerprint density at radius 3 is 2.49 bits per heavy atom. The Morgan fingerprint density at radius 2 is 1.68 bits per heavy atom. The SMILES string of the molecule is Cc1ccc2nc(-c3cc(-c4cccn5c(-c6cccc(F)c6F)cnc45)ccc3C(F)(F)F)[nH]c2c1. The van der Waals surface area contributed by atoms with E-state index in [-0.39, 0.29) is 17.0 Å². The maximum absolute atomic E-state index is 14.5. The molecule has 3 aromatic carbocycles. The zero-order valence-electron chi connectivity index (χ0n) is 19.2. The Hall–Kier alpha value is -4.53. The molecule has 0 aliphatic carbocycles. The van der Waals surface area contributed by atoms with E-state index in [9.17, 15) is 22.0 Å². The summed E-state index contributed by atoms with van der Waals surface area (Å²) < 4.78 is 71.9. The van der Waals surface area contributed by atoms with Gasteiger partial charge >= 0.3 is 6.18 Å². The van der Waals surface area contributed by atoms with E-state index in [4.69, 9.17) is 0 Å². The fraction of sp³-hybridized carbons (Fsp3) is 0.0714. The van der Waals surface area contributed by atoms with Gasteiger partial charge in [-0.15, -0.1) is 0 Å². The van der Waals surface area contributed by atoms with Crippen LogP contribution in [0.25, 0.3) is 50.5 Å². The van der Waals surface area contributed by atoms with Crippen LogP contribution in [0, 0.1) is 18.6 Å². The third-order valence-electron chi connectivity index (χ3n) is 6.29. The predicted molar refractivity (Wildman–Crippen MR) is 131 cm³/mol. The second-order valence-electron chi connectivity index (χ2n) is 8.72. The van der Waals surface area contributed by atoms with Gasteiger partial charge in [0.15, 0.2) is 11.6 Å². The first kappa shape index (κ1) is 22.9. The number of rotatable bonds is 3. The van der Waals surface area contributed by atoms with Gasteiger partial charge < -0.3 is 4.98 Å². The second-order valence-corrected chi connectivity index (χ2v) is 8.72. The summed E-state index contributed by atoms with van der Waals surface area (Å²) in [5.41, 5.74) is 2.89.